The molecule has 1 heterocycles. The molecule has 0 bridgehead atoms. The Balaban J connectivity index is 2.15. The molecule has 0 aliphatic carbocycles. The minimum Gasteiger partial charge on any atom is -0.480 e. The van der Waals surface area contributed by atoms with Crippen molar-refractivity contribution in [2.45, 2.75) is 18.6 Å². The van der Waals surface area contributed by atoms with Crippen LogP contribution < -0.4 is 5.32 Å². The standard InChI is InChI=1S/C12H12BrFN2O4/c13-8-2-1-6(14)3-9(8)15-12(20)16-5-7(17)4-10(16)11(18)19/h1-3,7,10,17H,4-5H2,(H,15,20)(H,18,19)/t7-,10+/m1/s1. The molecule has 1 fully saturated rings. The number of carbonyl (C=O) groups excluding carboxylic acids is 1. The molecule has 6 nitrogen and oxygen atoms in total. The van der Waals surface area contributed by atoms with Crippen LogP contribution in [0.5, 0.6) is 0 Å². The number of halogens is 2. The van der Waals surface area contributed by atoms with Crippen molar-refractivity contribution in [2.75, 3.05) is 11.9 Å². The number of carboxylic acids is 1. The summed E-state index contributed by atoms with van der Waals surface area (Å²) < 4.78 is 13.6. The number of nitrogens with zero attached hydrogens (tertiary/aromatic N) is 1. The number of β-amino-alcohol motifs (C(OH)–C–C–N with tert-alkyl or cyclic N) is 1. The number of aliphatic carboxylic acids is 1. The third-order valence-electron chi connectivity index (χ3n) is 2.99. The number of likely N-dealkylation sites (tertiary alicyclic amines) is 1. The predicted molar refractivity (Wildman–Crippen MR) is 71.9 cm³/mol. The fraction of sp³-hybridized carbons (Fsp3) is 0.333. The first-order chi connectivity index (χ1) is 9.38. The van der Waals surface area contributed by atoms with E-state index in [1.807, 2.05) is 0 Å². The number of hydrogen-bond acceptors (Lipinski definition) is 3. The molecule has 1 saturated heterocycles. The molecule has 0 spiro atoms. The molecule has 1 aliphatic rings. The zero-order valence-corrected chi connectivity index (χ0v) is 11.8. The van der Waals surface area contributed by atoms with E-state index >= 15 is 0 Å². The van der Waals surface area contributed by atoms with E-state index in [1.165, 1.54) is 12.1 Å². The van der Waals surface area contributed by atoms with E-state index in [0.717, 1.165) is 11.0 Å². The zero-order valence-electron chi connectivity index (χ0n) is 10.2. The number of aliphatic hydroxyl groups excluding tert-OH is 1. The molecule has 8 heteroatoms. The molecule has 2 rings (SSSR count). The number of anilines is 1. The Labute approximate surface area is 122 Å². The molecular formula is C12H12BrFN2O4. The topological polar surface area (TPSA) is 89.9 Å². The van der Waals surface area contributed by atoms with Gasteiger partial charge in [0.15, 0.2) is 0 Å². The number of carbonyl (C=O) groups is 2. The quantitative estimate of drug-likeness (QED) is 0.759. The van der Waals surface area contributed by atoms with Crippen molar-refractivity contribution in [3.05, 3.63) is 28.5 Å². The summed E-state index contributed by atoms with van der Waals surface area (Å²) >= 11 is 3.16. The van der Waals surface area contributed by atoms with Crippen LogP contribution in [0.4, 0.5) is 14.9 Å². The van der Waals surface area contributed by atoms with Gasteiger partial charge in [-0.25, -0.2) is 14.0 Å². The lowest BCUT2D eigenvalue weighted by Crippen LogP contribution is -2.43. The van der Waals surface area contributed by atoms with Gasteiger partial charge < -0.3 is 20.4 Å². The third-order valence-corrected chi connectivity index (χ3v) is 3.69. The average molecular weight is 347 g/mol. The number of hydrogen-bond donors (Lipinski definition) is 3. The van der Waals surface area contributed by atoms with Gasteiger partial charge in [-0.05, 0) is 34.1 Å². The molecule has 1 aliphatic heterocycles. The first-order valence-corrected chi connectivity index (χ1v) is 6.61. The van der Waals surface area contributed by atoms with Gasteiger partial charge in [0.2, 0.25) is 0 Å². The van der Waals surface area contributed by atoms with Gasteiger partial charge in [0.25, 0.3) is 0 Å². The van der Waals surface area contributed by atoms with E-state index in [-0.39, 0.29) is 18.7 Å². The first-order valence-electron chi connectivity index (χ1n) is 5.82. The van der Waals surface area contributed by atoms with Crippen molar-refractivity contribution in [3.63, 3.8) is 0 Å². The van der Waals surface area contributed by atoms with Crippen LogP contribution in [0.25, 0.3) is 0 Å². The number of amides is 2. The number of carboxylic acid groups (broad SMARTS) is 1. The normalized spacial score (nSPS) is 21.9. The van der Waals surface area contributed by atoms with Gasteiger partial charge >= 0.3 is 12.0 Å². The maximum atomic E-state index is 13.1. The van der Waals surface area contributed by atoms with E-state index < -0.39 is 30.0 Å². The van der Waals surface area contributed by atoms with Gasteiger partial charge in [-0.3, -0.25) is 0 Å². The second-order valence-electron chi connectivity index (χ2n) is 4.45. The van der Waals surface area contributed by atoms with Crippen LogP contribution >= 0.6 is 15.9 Å². The molecule has 108 valence electrons. The van der Waals surface area contributed by atoms with Crippen molar-refractivity contribution < 1.29 is 24.2 Å². The van der Waals surface area contributed by atoms with Gasteiger partial charge in [0.1, 0.15) is 11.9 Å². The summed E-state index contributed by atoms with van der Waals surface area (Å²) in [7, 11) is 0. The molecule has 0 unspecified atom stereocenters. The zero-order chi connectivity index (χ0) is 14.9. The average Bonchev–Trinajstić information content (AvgIpc) is 2.76. The molecule has 2 amide bonds. The summed E-state index contributed by atoms with van der Waals surface area (Å²) in [6, 6.07) is 1.99. The number of nitrogens with one attached hydrogen (secondary N) is 1. The van der Waals surface area contributed by atoms with Crippen molar-refractivity contribution in [1.82, 2.24) is 4.90 Å². The fourth-order valence-corrected chi connectivity index (χ4v) is 2.40. The highest BCUT2D eigenvalue weighted by Crippen LogP contribution is 2.25. The molecule has 20 heavy (non-hydrogen) atoms. The minimum absolute atomic E-state index is 0.0208. The smallest absolute Gasteiger partial charge is 0.326 e. The number of aliphatic hydroxyl groups is 1. The number of urea groups is 1. The Morgan fingerprint density at radius 1 is 1.45 bits per heavy atom. The van der Waals surface area contributed by atoms with E-state index in [9.17, 15) is 19.1 Å². The SMILES string of the molecule is O=C(O)[C@@H]1C[C@@H](O)CN1C(=O)Nc1cc(F)ccc1Br. The highest BCUT2D eigenvalue weighted by molar-refractivity contribution is 9.10. The predicted octanol–water partition coefficient (Wildman–Crippen LogP) is 1.64. The number of rotatable bonds is 2. The van der Waals surface area contributed by atoms with Crippen LogP contribution in [0.1, 0.15) is 6.42 Å². The van der Waals surface area contributed by atoms with Crippen LogP contribution in [-0.2, 0) is 4.79 Å². The molecule has 0 radical (unpaired) electrons. The maximum absolute atomic E-state index is 13.1. The molecule has 0 saturated carbocycles. The van der Waals surface area contributed by atoms with Crippen molar-refractivity contribution in [1.29, 1.82) is 0 Å². The molecule has 0 aromatic heterocycles. The van der Waals surface area contributed by atoms with Crippen LogP contribution in [0.3, 0.4) is 0 Å². The van der Waals surface area contributed by atoms with Gasteiger partial charge in [-0.2, -0.15) is 0 Å². The van der Waals surface area contributed by atoms with E-state index in [2.05, 4.69) is 21.2 Å². The summed E-state index contributed by atoms with van der Waals surface area (Å²) in [6.45, 7) is -0.0737. The van der Waals surface area contributed by atoms with Crippen molar-refractivity contribution >= 4 is 33.6 Å². The van der Waals surface area contributed by atoms with E-state index in [4.69, 9.17) is 5.11 Å². The minimum atomic E-state index is -1.19. The fourth-order valence-electron chi connectivity index (χ4n) is 2.05. The van der Waals surface area contributed by atoms with Crippen molar-refractivity contribution in [2.24, 2.45) is 0 Å². The van der Waals surface area contributed by atoms with Crippen molar-refractivity contribution in [3.8, 4) is 0 Å². The van der Waals surface area contributed by atoms with E-state index in [0.29, 0.717) is 4.47 Å². The first kappa shape index (κ1) is 14.7. The van der Waals surface area contributed by atoms with Crippen LogP contribution in [0.15, 0.2) is 22.7 Å². The van der Waals surface area contributed by atoms with Crippen LogP contribution in [0.2, 0.25) is 0 Å². The second kappa shape index (κ2) is 5.76. The molecule has 1 aromatic carbocycles. The lowest BCUT2D eigenvalue weighted by Gasteiger charge is -2.21. The van der Waals surface area contributed by atoms with Gasteiger partial charge in [0, 0.05) is 17.4 Å². The summed E-state index contributed by atoms with van der Waals surface area (Å²) in [5.41, 5.74) is 0.195. The maximum Gasteiger partial charge on any atom is 0.326 e. The number of benzene rings is 1. The molecule has 2 atom stereocenters. The summed E-state index contributed by atoms with van der Waals surface area (Å²) in [6.07, 6.45) is -0.898. The van der Waals surface area contributed by atoms with Crippen LogP contribution in [0, 0.1) is 5.82 Å². The lowest BCUT2D eigenvalue weighted by molar-refractivity contribution is -0.141. The lowest BCUT2D eigenvalue weighted by atomic mass is 10.2. The Bertz CT molecular complexity index is 554. The summed E-state index contributed by atoms with van der Waals surface area (Å²) in [4.78, 5) is 24.1. The molecular weight excluding hydrogens is 335 g/mol. The Morgan fingerprint density at radius 2 is 2.15 bits per heavy atom. The van der Waals surface area contributed by atoms with E-state index in [1.54, 1.807) is 0 Å². The van der Waals surface area contributed by atoms with Gasteiger partial charge in [0.05, 0.1) is 11.8 Å². The Kier molecular flexibility index (Phi) is 4.24. The third kappa shape index (κ3) is 3.07. The Hall–Kier alpha value is -1.67. The van der Waals surface area contributed by atoms with Crippen LogP contribution in [-0.4, -0.2) is 45.8 Å². The highest BCUT2D eigenvalue weighted by Gasteiger charge is 2.39. The summed E-state index contributed by atoms with van der Waals surface area (Å²) in [5.74, 6) is -1.71. The molecule has 3 N–H and O–H groups in total. The summed E-state index contributed by atoms with van der Waals surface area (Å²) in [5, 5.41) is 20.9. The second-order valence-corrected chi connectivity index (χ2v) is 5.30. The largest absolute Gasteiger partial charge is 0.480 e. The highest BCUT2D eigenvalue weighted by atomic mass is 79.9. The monoisotopic (exact) mass is 346 g/mol. The molecule has 1 aromatic rings. The van der Waals surface area contributed by atoms with Gasteiger partial charge in [-0.15, -0.1) is 0 Å². The van der Waals surface area contributed by atoms with Gasteiger partial charge in [-0.1, -0.05) is 0 Å². The Morgan fingerprint density at radius 3 is 2.80 bits per heavy atom.